The number of carboxylic acid groups (broad SMARTS) is 1. The lowest BCUT2D eigenvalue weighted by Gasteiger charge is -2.27. The zero-order chi connectivity index (χ0) is 14.5. The highest BCUT2D eigenvalue weighted by atomic mass is 16.4. The number of rotatable bonds is 4. The number of hydrogen-bond donors (Lipinski definition) is 3. The molecule has 1 heterocycles. The van der Waals surface area contributed by atoms with Gasteiger partial charge in [0.25, 0.3) is 0 Å². The number of nitrogens with one attached hydrogen (secondary N) is 2. The number of carboxylic acids is 1. The maximum absolute atomic E-state index is 12.2. The Labute approximate surface area is 118 Å². The molecule has 20 heavy (non-hydrogen) atoms. The third-order valence-electron chi connectivity index (χ3n) is 3.53. The summed E-state index contributed by atoms with van der Waals surface area (Å²) in [5, 5.41) is 14.8. The van der Waals surface area contributed by atoms with E-state index in [2.05, 4.69) is 17.6 Å². The Morgan fingerprint density at radius 1 is 1.45 bits per heavy atom. The summed E-state index contributed by atoms with van der Waals surface area (Å²) in [4.78, 5) is 22.8. The van der Waals surface area contributed by atoms with Gasteiger partial charge >= 0.3 is 5.97 Å². The summed E-state index contributed by atoms with van der Waals surface area (Å²) >= 11 is 0. The molecule has 0 aliphatic carbocycles. The Bertz CT molecular complexity index is 502. The van der Waals surface area contributed by atoms with Crippen molar-refractivity contribution in [1.82, 2.24) is 5.32 Å². The quantitative estimate of drug-likeness (QED) is 0.781. The highest BCUT2D eigenvalue weighted by Gasteiger charge is 2.24. The molecule has 0 bridgehead atoms. The second-order valence-corrected chi connectivity index (χ2v) is 5.40. The number of amides is 1. The van der Waals surface area contributed by atoms with E-state index in [0.717, 1.165) is 19.4 Å². The Morgan fingerprint density at radius 2 is 2.25 bits per heavy atom. The van der Waals surface area contributed by atoms with Crippen LogP contribution in [0.3, 0.4) is 0 Å². The van der Waals surface area contributed by atoms with Crippen molar-refractivity contribution in [3.8, 4) is 0 Å². The summed E-state index contributed by atoms with van der Waals surface area (Å²) in [5.74, 6) is -0.384. The van der Waals surface area contributed by atoms with Gasteiger partial charge in [-0.25, -0.2) is 0 Å². The van der Waals surface area contributed by atoms with E-state index in [1.165, 1.54) is 0 Å². The zero-order valence-corrected chi connectivity index (χ0v) is 11.6. The first-order chi connectivity index (χ1) is 9.54. The van der Waals surface area contributed by atoms with E-state index < -0.39 is 5.97 Å². The normalized spacial score (nSPS) is 22.2. The Balaban J connectivity index is 1.98. The van der Waals surface area contributed by atoms with Crippen LogP contribution >= 0.6 is 0 Å². The fourth-order valence-corrected chi connectivity index (χ4v) is 2.47. The van der Waals surface area contributed by atoms with Gasteiger partial charge in [0.15, 0.2) is 0 Å². The number of aliphatic carboxylic acids is 1. The molecule has 1 fully saturated rings. The van der Waals surface area contributed by atoms with Gasteiger partial charge in [-0.15, -0.1) is 0 Å². The molecule has 2 unspecified atom stereocenters. The standard InChI is InChI=1S/C15H20N2O3/c1-10-5-6-16-13(7-10)15(20)17-12-4-2-3-11(8-12)9-14(18)19/h2-4,8,10,13,16H,5-7,9H2,1H3,(H,17,20)(H,18,19). The maximum Gasteiger partial charge on any atom is 0.307 e. The van der Waals surface area contributed by atoms with Gasteiger partial charge in [0.2, 0.25) is 5.91 Å². The minimum absolute atomic E-state index is 0.0393. The molecule has 3 N–H and O–H groups in total. The molecule has 2 rings (SSSR count). The van der Waals surface area contributed by atoms with Gasteiger partial charge in [0.1, 0.15) is 0 Å². The third kappa shape index (κ3) is 4.06. The molecule has 1 amide bonds. The first-order valence-corrected chi connectivity index (χ1v) is 6.89. The summed E-state index contributed by atoms with van der Waals surface area (Å²) in [7, 11) is 0. The van der Waals surface area contributed by atoms with Crippen molar-refractivity contribution in [2.24, 2.45) is 5.92 Å². The summed E-state index contributed by atoms with van der Waals surface area (Å²) in [6.07, 6.45) is 1.89. The second-order valence-electron chi connectivity index (χ2n) is 5.40. The van der Waals surface area contributed by atoms with Crippen molar-refractivity contribution >= 4 is 17.6 Å². The van der Waals surface area contributed by atoms with E-state index in [9.17, 15) is 9.59 Å². The van der Waals surface area contributed by atoms with Crippen LogP contribution in [-0.2, 0) is 16.0 Å². The van der Waals surface area contributed by atoms with Crippen LogP contribution in [0.2, 0.25) is 0 Å². The molecule has 5 heteroatoms. The predicted molar refractivity (Wildman–Crippen MR) is 76.6 cm³/mol. The number of piperidine rings is 1. The molecule has 2 atom stereocenters. The van der Waals surface area contributed by atoms with E-state index >= 15 is 0 Å². The predicted octanol–water partition coefficient (Wildman–Crippen LogP) is 1.64. The van der Waals surface area contributed by atoms with Crippen LogP contribution in [0.1, 0.15) is 25.3 Å². The average Bonchev–Trinajstić information content (AvgIpc) is 2.38. The van der Waals surface area contributed by atoms with Gasteiger partial charge in [0.05, 0.1) is 12.5 Å². The maximum atomic E-state index is 12.2. The van der Waals surface area contributed by atoms with Crippen LogP contribution in [0, 0.1) is 5.92 Å². The molecule has 0 aromatic heterocycles. The summed E-state index contributed by atoms with van der Waals surface area (Å²) in [6.45, 7) is 3.01. The highest BCUT2D eigenvalue weighted by molar-refractivity contribution is 5.95. The van der Waals surface area contributed by atoms with E-state index in [1.807, 2.05) is 0 Å². The molecule has 108 valence electrons. The largest absolute Gasteiger partial charge is 0.481 e. The highest BCUT2D eigenvalue weighted by Crippen LogP contribution is 2.17. The topological polar surface area (TPSA) is 78.4 Å². The van der Waals surface area contributed by atoms with Crippen molar-refractivity contribution in [3.05, 3.63) is 29.8 Å². The molecule has 1 aromatic rings. The van der Waals surface area contributed by atoms with Crippen molar-refractivity contribution in [3.63, 3.8) is 0 Å². The lowest BCUT2D eigenvalue weighted by molar-refractivity contribution is -0.136. The van der Waals surface area contributed by atoms with Crippen LogP contribution in [0.25, 0.3) is 0 Å². The lowest BCUT2D eigenvalue weighted by atomic mass is 9.94. The van der Waals surface area contributed by atoms with E-state index in [1.54, 1.807) is 24.3 Å². The Hall–Kier alpha value is -1.88. The van der Waals surface area contributed by atoms with Crippen LogP contribution < -0.4 is 10.6 Å². The van der Waals surface area contributed by atoms with Crippen molar-refractivity contribution < 1.29 is 14.7 Å². The molecule has 0 radical (unpaired) electrons. The van der Waals surface area contributed by atoms with Gasteiger partial charge < -0.3 is 15.7 Å². The van der Waals surface area contributed by atoms with E-state index in [4.69, 9.17) is 5.11 Å². The van der Waals surface area contributed by atoms with Gasteiger partial charge in [-0.3, -0.25) is 9.59 Å². The molecule has 1 aliphatic rings. The number of anilines is 1. The molecule has 5 nitrogen and oxygen atoms in total. The first kappa shape index (κ1) is 14.5. The minimum Gasteiger partial charge on any atom is -0.481 e. The number of carbonyl (C=O) groups excluding carboxylic acids is 1. The third-order valence-corrected chi connectivity index (χ3v) is 3.53. The van der Waals surface area contributed by atoms with E-state index in [0.29, 0.717) is 17.2 Å². The molecule has 0 spiro atoms. The Morgan fingerprint density at radius 3 is 2.95 bits per heavy atom. The van der Waals surface area contributed by atoms with Gasteiger partial charge in [-0.1, -0.05) is 19.1 Å². The fraction of sp³-hybridized carbons (Fsp3) is 0.467. The number of hydrogen-bond acceptors (Lipinski definition) is 3. The van der Waals surface area contributed by atoms with Gasteiger partial charge in [-0.2, -0.15) is 0 Å². The monoisotopic (exact) mass is 276 g/mol. The Kier molecular flexibility index (Phi) is 4.74. The summed E-state index contributed by atoms with van der Waals surface area (Å²) in [5.41, 5.74) is 1.33. The molecule has 1 aromatic carbocycles. The first-order valence-electron chi connectivity index (χ1n) is 6.89. The van der Waals surface area contributed by atoms with E-state index in [-0.39, 0.29) is 18.4 Å². The fourth-order valence-electron chi connectivity index (χ4n) is 2.47. The van der Waals surface area contributed by atoms with Crippen LogP contribution in [0.4, 0.5) is 5.69 Å². The average molecular weight is 276 g/mol. The zero-order valence-electron chi connectivity index (χ0n) is 11.6. The molecular weight excluding hydrogens is 256 g/mol. The van der Waals surface area contributed by atoms with Gasteiger partial charge in [0, 0.05) is 5.69 Å². The van der Waals surface area contributed by atoms with Crippen molar-refractivity contribution in [2.75, 3.05) is 11.9 Å². The minimum atomic E-state index is -0.878. The van der Waals surface area contributed by atoms with Crippen LogP contribution in [0.15, 0.2) is 24.3 Å². The molecule has 1 saturated heterocycles. The van der Waals surface area contributed by atoms with Crippen molar-refractivity contribution in [1.29, 1.82) is 0 Å². The molecule has 1 aliphatic heterocycles. The second kappa shape index (κ2) is 6.52. The summed E-state index contributed by atoms with van der Waals surface area (Å²) in [6, 6.07) is 6.81. The van der Waals surface area contributed by atoms with Gasteiger partial charge in [-0.05, 0) is 43.0 Å². The molecular formula is C15H20N2O3. The SMILES string of the molecule is CC1CCNC(C(=O)Nc2cccc(CC(=O)O)c2)C1. The lowest BCUT2D eigenvalue weighted by Crippen LogP contribution is -2.45. The number of benzene rings is 1. The molecule has 0 saturated carbocycles. The van der Waals surface area contributed by atoms with Crippen molar-refractivity contribution in [2.45, 2.75) is 32.2 Å². The van der Waals surface area contributed by atoms with Crippen LogP contribution in [0.5, 0.6) is 0 Å². The number of carbonyl (C=O) groups is 2. The summed E-state index contributed by atoms with van der Waals surface area (Å²) < 4.78 is 0. The smallest absolute Gasteiger partial charge is 0.307 e. The van der Waals surface area contributed by atoms with Crippen LogP contribution in [-0.4, -0.2) is 29.6 Å².